The number of benzene rings is 1. The van der Waals surface area contributed by atoms with Gasteiger partial charge < -0.3 is 10.1 Å². The number of ether oxygens (including phenoxy) is 1. The van der Waals surface area contributed by atoms with Crippen molar-refractivity contribution < 1.29 is 9.13 Å². The molecule has 0 amide bonds. The zero-order chi connectivity index (χ0) is 17.3. The van der Waals surface area contributed by atoms with Gasteiger partial charge in [0.15, 0.2) is 0 Å². The van der Waals surface area contributed by atoms with Crippen LogP contribution in [0.5, 0.6) is 0 Å². The molecule has 1 N–H and O–H groups in total. The summed E-state index contributed by atoms with van der Waals surface area (Å²) in [6.45, 7) is 5.72. The fourth-order valence-electron chi connectivity index (χ4n) is 2.77. The summed E-state index contributed by atoms with van der Waals surface area (Å²) in [7, 11) is 0. The number of nitrogens with one attached hydrogen (secondary N) is 1. The van der Waals surface area contributed by atoms with E-state index in [0.717, 1.165) is 32.7 Å². The maximum atomic E-state index is 12.8. The fourth-order valence-corrected chi connectivity index (χ4v) is 2.77. The Labute approximate surface area is 148 Å². The molecule has 0 radical (unpaired) electrons. The minimum absolute atomic E-state index is 0.170. The molecule has 0 unspecified atom stereocenters. The number of hydrogen-bond acceptors (Lipinski definition) is 2. The van der Waals surface area contributed by atoms with Crippen molar-refractivity contribution in [3.05, 3.63) is 35.6 Å². The first kappa shape index (κ1) is 21.1. The number of hydrogen-bond donors (Lipinski definition) is 1. The predicted molar refractivity (Wildman–Crippen MR) is 101 cm³/mol. The second kappa shape index (κ2) is 15.6. The minimum atomic E-state index is -0.170. The molecular weight excluding hydrogens is 301 g/mol. The maximum Gasteiger partial charge on any atom is 0.123 e. The van der Waals surface area contributed by atoms with Crippen molar-refractivity contribution in [2.45, 2.75) is 71.1 Å². The van der Waals surface area contributed by atoms with Crippen molar-refractivity contribution in [3.63, 3.8) is 0 Å². The first-order valence-corrected chi connectivity index (χ1v) is 9.86. The Hall–Kier alpha value is -0.930. The van der Waals surface area contributed by atoms with E-state index in [4.69, 9.17) is 4.74 Å². The Morgan fingerprint density at radius 3 is 2.08 bits per heavy atom. The largest absolute Gasteiger partial charge is 0.380 e. The molecule has 2 nitrogen and oxygen atoms in total. The summed E-state index contributed by atoms with van der Waals surface area (Å²) >= 11 is 0. The Kier molecular flexibility index (Phi) is 13.7. The third-order valence-electron chi connectivity index (χ3n) is 4.32. The molecule has 0 atom stereocenters. The molecule has 1 aromatic rings. The van der Waals surface area contributed by atoms with Crippen LogP contribution in [0.1, 0.15) is 70.3 Å². The van der Waals surface area contributed by atoms with Crippen LogP contribution < -0.4 is 5.32 Å². The molecule has 0 fully saturated rings. The van der Waals surface area contributed by atoms with Gasteiger partial charge in [-0.05, 0) is 37.1 Å². The molecule has 0 aromatic heterocycles. The molecule has 0 aliphatic rings. The Morgan fingerprint density at radius 2 is 1.42 bits per heavy atom. The van der Waals surface area contributed by atoms with Crippen LogP contribution in [0.15, 0.2) is 24.3 Å². The van der Waals surface area contributed by atoms with Gasteiger partial charge in [0.25, 0.3) is 0 Å². The highest BCUT2D eigenvalue weighted by Crippen LogP contribution is 2.09. The quantitative estimate of drug-likeness (QED) is 0.402. The van der Waals surface area contributed by atoms with Gasteiger partial charge in [0, 0.05) is 13.2 Å². The first-order valence-electron chi connectivity index (χ1n) is 9.86. The number of rotatable bonds is 16. The van der Waals surface area contributed by atoms with E-state index >= 15 is 0 Å². The van der Waals surface area contributed by atoms with Crippen LogP contribution in [0.25, 0.3) is 0 Å². The second-order valence-corrected chi connectivity index (χ2v) is 6.57. The normalized spacial score (nSPS) is 11.1. The van der Waals surface area contributed by atoms with Crippen molar-refractivity contribution in [3.8, 4) is 0 Å². The summed E-state index contributed by atoms with van der Waals surface area (Å²) in [6, 6.07) is 6.72. The molecule has 0 bridgehead atoms. The minimum Gasteiger partial charge on any atom is -0.380 e. The lowest BCUT2D eigenvalue weighted by molar-refractivity contribution is 0.131. The molecule has 0 aliphatic heterocycles. The zero-order valence-corrected chi connectivity index (χ0v) is 15.5. The Morgan fingerprint density at radius 1 is 0.792 bits per heavy atom. The molecule has 0 aliphatic carbocycles. The maximum absolute atomic E-state index is 12.8. The molecule has 0 heterocycles. The summed E-state index contributed by atoms with van der Waals surface area (Å²) in [5.74, 6) is -0.170. The van der Waals surface area contributed by atoms with Crippen molar-refractivity contribution in [2.75, 3.05) is 26.3 Å². The van der Waals surface area contributed by atoms with E-state index in [2.05, 4.69) is 12.2 Å². The van der Waals surface area contributed by atoms with Gasteiger partial charge in [0.2, 0.25) is 0 Å². The van der Waals surface area contributed by atoms with Crippen LogP contribution in [0.4, 0.5) is 4.39 Å². The summed E-state index contributed by atoms with van der Waals surface area (Å²) < 4.78 is 18.4. The van der Waals surface area contributed by atoms with E-state index in [1.165, 1.54) is 75.5 Å². The lowest BCUT2D eigenvalue weighted by atomic mass is 10.1. The molecule has 3 heteroatoms. The highest BCUT2D eigenvalue weighted by Gasteiger charge is 1.95. The zero-order valence-electron chi connectivity index (χ0n) is 15.5. The number of unbranched alkanes of at least 4 members (excludes halogenated alkanes) is 8. The van der Waals surface area contributed by atoms with Gasteiger partial charge in [-0.15, -0.1) is 0 Å². The van der Waals surface area contributed by atoms with E-state index in [1.54, 1.807) is 0 Å². The Balaban J connectivity index is 1.75. The van der Waals surface area contributed by atoms with E-state index in [0.29, 0.717) is 0 Å². The average Bonchev–Trinajstić information content (AvgIpc) is 2.60. The van der Waals surface area contributed by atoms with E-state index in [9.17, 15) is 4.39 Å². The third kappa shape index (κ3) is 12.5. The van der Waals surface area contributed by atoms with E-state index < -0.39 is 0 Å². The third-order valence-corrected chi connectivity index (χ3v) is 4.32. The van der Waals surface area contributed by atoms with Crippen LogP contribution in [-0.2, 0) is 11.2 Å². The first-order chi connectivity index (χ1) is 11.8. The van der Waals surface area contributed by atoms with Gasteiger partial charge in [-0.25, -0.2) is 4.39 Å². The molecule has 1 aromatic carbocycles. The monoisotopic (exact) mass is 337 g/mol. The lowest BCUT2D eigenvalue weighted by Crippen LogP contribution is -2.22. The van der Waals surface area contributed by atoms with Crippen LogP contribution in [-0.4, -0.2) is 26.3 Å². The lowest BCUT2D eigenvalue weighted by Gasteiger charge is -2.07. The molecule has 0 spiro atoms. The van der Waals surface area contributed by atoms with Crippen LogP contribution in [0.3, 0.4) is 0 Å². The van der Waals surface area contributed by atoms with Gasteiger partial charge in [-0.3, -0.25) is 0 Å². The van der Waals surface area contributed by atoms with E-state index in [-0.39, 0.29) is 5.82 Å². The molecule has 138 valence electrons. The van der Waals surface area contributed by atoms with Crippen molar-refractivity contribution >= 4 is 0 Å². The van der Waals surface area contributed by atoms with Crippen LogP contribution >= 0.6 is 0 Å². The van der Waals surface area contributed by atoms with Crippen molar-refractivity contribution in [2.24, 2.45) is 0 Å². The predicted octanol–water partition coefficient (Wildman–Crippen LogP) is 5.51. The van der Waals surface area contributed by atoms with Gasteiger partial charge in [-0.1, -0.05) is 70.4 Å². The fraction of sp³-hybridized carbons (Fsp3) is 0.714. The average molecular weight is 338 g/mol. The standard InChI is InChI=1S/C21H36FNO/c1-2-3-4-5-6-7-8-9-10-18-24-19-17-23-16-15-20-11-13-21(22)14-12-20/h11-14,23H,2-10,15-19H2,1H3. The van der Waals surface area contributed by atoms with Gasteiger partial charge in [0.1, 0.15) is 5.82 Å². The smallest absolute Gasteiger partial charge is 0.123 e. The Bertz CT molecular complexity index is 380. The molecule has 0 saturated carbocycles. The SMILES string of the molecule is CCCCCCCCCCCOCCNCCc1ccc(F)cc1. The van der Waals surface area contributed by atoms with E-state index in [1.807, 2.05) is 12.1 Å². The summed E-state index contributed by atoms with van der Waals surface area (Å²) in [6.07, 6.45) is 13.1. The van der Waals surface area contributed by atoms with Gasteiger partial charge in [0.05, 0.1) is 6.61 Å². The van der Waals surface area contributed by atoms with Crippen molar-refractivity contribution in [1.29, 1.82) is 0 Å². The van der Waals surface area contributed by atoms with Crippen LogP contribution in [0, 0.1) is 5.82 Å². The summed E-state index contributed by atoms with van der Waals surface area (Å²) in [4.78, 5) is 0. The molecule has 1 rings (SSSR count). The highest BCUT2D eigenvalue weighted by atomic mass is 19.1. The van der Waals surface area contributed by atoms with Gasteiger partial charge in [-0.2, -0.15) is 0 Å². The van der Waals surface area contributed by atoms with Gasteiger partial charge >= 0.3 is 0 Å². The molecular formula is C21H36FNO. The van der Waals surface area contributed by atoms with Crippen molar-refractivity contribution in [1.82, 2.24) is 5.32 Å². The number of halogens is 1. The summed E-state index contributed by atoms with van der Waals surface area (Å²) in [5, 5.41) is 3.37. The highest BCUT2D eigenvalue weighted by molar-refractivity contribution is 5.16. The molecule has 0 saturated heterocycles. The topological polar surface area (TPSA) is 21.3 Å². The van der Waals surface area contributed by atoms with Crippen LogP contribution in [0.2, 0.25) is 0 Å². The summed E-state index contributed by atoms with van der Waals surface area (Å²) in [5.41, 5.74) is 1.17. The second-order valence-electron chi connectivity index (χ2n) is 6.57. The molecule has 24 heavy (non-hydrogen) atoms.